The Morgan fingerprint density at radius 1 is 1.32 bits per heavy atom. The SMILES string of the molecule is CCC(C)C(NC(=O)c1cccc(F)c1)C(=O)OC(C)(C)C. The molecule has 1 amide bonds. The van der Waals surface area contributed by atoms with Crippen LogP contribution in [0.2, 0.25) is 0 Å². The molecule has 5 heteroatoms. The number of hydrogen-bond acceptors (Lipinski definition) is 3. The molecule has 0 aliphatic rings. The molecule has 0 bridgehead atoms. The van der Waals surface area contributed by atoms with E-state index in [0.29, 0.717) is 6.42 Å². The maximum absolute atomic E-state index is 13.2. The third-order valence-electron chi connectivity index (χ3n) is 3.25. The first-order valence-corrected chi connectivity index (χ1v) is 7.43. The van der Waals surface area contributed by atoms with Gasteiger partial charge in [0.1, 0.15) is 17.5 Å². The van der Waals surface area contributed by atoms with Gasteiger partial charge in [0, 0.05) is 5.56 Å². The second kappa shape index (κ2) is 7.38. The largest absolute Gasteiger partial charge is 0.458 e. The molecule has 0 saturated heterocycles. The van der Waals surface area contributed by atoms with Crippen LogP contribution in [0.1, 0.15) is 51.4 Å². The summed E-state index contributed by atoms with van der Waals surface area (Å²) >= 11 is 0. The Bertz CT molecular complexity index is 537. The van der Waals surface area contributed by atoms with Crippen LogP contribution in [-0.2, 0) is 9.53 Å². The number of amides is 1. The fourth-order valence-electron chi connectivity index (χ4n) is 1.89. The minimum atomic E-state index is -0.764. The molecule has 122 valence electrons. The number of rotatable bonds is 5. The number of carbonyl (C=O) groups excluding carboxylic acids is 2. The summed E-state index contributed by atoms with van der Waals surface area (Å²) in [5.74, 6) is -1.56. The van der Waals surface area contributed by atoms with E-state index in [1.165, 1.54) is 18.2 Å². The van der Waals surface area contributed by atoms with Crippen LogP contribution < -0.4 is 5.32 Å². The standard InChI is InChI=1S/C17H24FNO3/c1-6-11(2)14(16(21)22-17(3,4)5)19-15(20)12-8-7-9-13(18)10-12/h7-11,14H,6H2,1-5H3,(H,19,20). The van der Waals surface area contributed by atoms with E-state index in [4.69, 9.17) is 4.74 Å². The van der Waals surface area contributed by atoms with Gasteiger partial charge in [-0.3, -0.25) is 4.79 Å². The highest BCUT2D eigenvalue weighted by Gasteiger charge is 2.30. The van der Waals surface area contributed by atoms with Crippen molar-refractivity contribution >= 4 is 11.9 Å². The zero-order valence-corrected chi connectivity index (χ0v) is 13.8. The van der Waals surface area contributed by atoms with E-state index in [-0.39, 0.29) is 11.5 Å². The topological polar surface area (TPSA) is 55.4 Å². The van der Waals surface area contributed by atoms with Gasteiger partial charge in [-0.15, -0.1) is 0 Å². The Morgan fingerprint density at radius 2 is 1.95 bits per heavy atom. The van der Waals surface area contributed by atoms with Gasteiger partial charge in [-0.05, 0) is 44.9 Å². The van der Waals surface area contributed by atoms with Crippen LogP contribution >= 0.6 is 0 Å². The van der Waals surface area contributed by atoms with Crippen LogP contribution in [0.4, 0.5) is 4.39 Å². The number of esters is 1. The third kappa shape index (κ3) is 5.47. The van der Waals surface area contributed by atoms with Gasteiger partial charge in [0.15, 0.2) is 0 Å². The molecule has 0 aromatic heterocycles. The summed E-state index contributed by atoms with van der Waals surface area (Å²) in [5, 5.41) is 2.65. The zero-order valence-electron chi connectivity index (χ0n) is 13.8. The predicted octanol–water partition coefficient (Wildman–Crippen LogP) is 3.31. The smallest absolute Gasteiger partial charge is 0.329 e. The van der Waals surface area contributed by atoms with E-state index < -0.39 is 29.3 Å². The van der Waals surface area contributed by atoms with Crippen molar-refractivity contribution in [1.29, 1.82) is 0 Å². The highest BCUT2D eigenvalue weighted by Crippen LogP contribution is 2.15. The van der Waals surface area contributed by atoms with E-state index in [2.05, 4.69) is 5.32 Å². The van der Waals surface area contributed by atoms with Crippen molar-refractivity contribution < 1.29 is 18.7 Å². The average Bonchev–Trinajstić information content (AvgIpc) is 2.41. The molecule has 2 unspecified atom stereocenters. The van der Waals surface area contributed by atoms with Crippen molar-refractivity contribution in [2.45, 2.75) is 52.7 Å². The molecule has 0 saturated carbocycles. The van der Waals surface area contributed by atoms with Gasteiger partial charge in [0.25, 0.3) is 5.91 Å². The fraction of sp³-hybridized carbons (Fsp3) is 0.529. The minimum Gasteiger partial charge on any atom is -0.458 e. The van der Waals surface area contributed by atoms with E-state index in [9.17, 15) is 14.0 Å². The first kappa shape index (κ1) is 18.1. The van der Waals surface area contributed by atoms with Crippen molar-refractivity contribution in [2.75, 3.05) is 0 Å². The van der Waals surface area contributed by atoms with Crippen LogP contribution in [0, 0.1) is 11.7 Å². The second-order valence-electron chi connectivity index (χ2n) is 6.38. The second-order valence-corrected chi connectivity index (χ2v) is 6.38. The lowest BCUT2D eigenvalue weighted by atomic mass is 9.98. The average molecular weight is 309 g/mol. The first-order valence-electron chi connectivity index (χ1n) is 7.43. The van der Waals surface area contributed by atoms with Crippen LogP contribution in [0.25, 0.3) is 0 Å². The number of benzene rings is 1. The molecule has 1 aromatic rings. The minimum absolute atomic E-state index is 0.0904. The van der Waals surface area contributed by atoms with E-state index >= 15 is 0 Å². The van der Waals surface area contributed by atoms with Crippen LogP contribution in [0.15, 0.2) is 24.3 Å². The summed E-state index contributed by atoms with van der Waals surface area (Å²) in [6.07, 6.45) is 0.702. The molecule has 0 heterocycles. The summed E-state index contributed by atoms with van der Waals surface area (Å²) in [6.45, 7) is 9.10. The molecule has 2 atom stereocenters. The van der Waals surface area contributed by atoms with E-state index in [0.717, 1.165) is 6.07 Å². The molecule has 0 spiro atoms. The van der Waals surface area contributed by atoms with Crippen molar-refractivity contribution in [1.82, 2.24) is 5.32 Å². The molecule has 0 fully saturated rings. The summed E-state index contributed by atoms with van der Waals surface area (Å²) in [5.41, 5.74) is -0.455. The number of halogens is 1. The lowest BCUT2D eigenvalue weighted by Crippen LogP contribution is -2.47. The first-order chi connectivity index (χ1) is 10.1. The molecule has 0 aliphatic heterocycles. The molecule has 0 aliphatic carbocycles. The van der Waals surface area contributed by atoms with Gasteiger partial charge in [0.05, 0.1) is 0 Å². The quantitative estimate of drug-likeness (QED) is 0.849. The van der Waals surface area contributed by atoms with Crippen molar-refractivity contribution in [3.05, 3.63) is 35.6 Å². The van der Waals surface area contributed by atoms with Gasteiger partial charge in [-0.25, -0.2) is 9.18 Å². The molecule has 1 rings (SSSR count). The Balaban J connectivity index is 2.89. The number of ether oxygens (including phenoxy) is 1. The van der Waals surface area contributed by atoms with Crippen molar-refractivity contribution in [3.8, 4) is 0 Å². The van der Waals surface area contributed by atoms with E-state index in [1.807, 2.05) is 13.8 Å². The molecular formula is C17H24FNO3. The van der Waals surface area contributed by atoms with Gasteiger partial charge in [0.2, 0.25) is 0 Å². The Morgan fingerprint density at radius 3 is 2.45 bits per heavy atom. The van der Waals surface area contributed by atoms with E-state index in [1.54, 1.807) is 20.8 Å². The molecule has 4 nitrogen and oxygen atoms in total. The predicted molar refractivity (Wildman–Crippen MR) is 83.0 cm³/mol. The summed E-state index contributed by atoms with van der Waals surface area (Å²) < 4.78 is 18.6. The monoisotopic (exact) mass is 309 g/mol. The van der Waals surface area contributed by atoms with Crippen LogP contribution in [0.3, 0.4) is 0 Å². The van der Waals surface area contributed by atoms with Gasteiger partial charge < -0.3 is 10.1 Å². The Labute approximate surface area is 131 Å². The summed E-state index contributed by atoms with van der Waals surface area (Å²) in [4.78, 5) is 24.5. The highest BCUT2D eigenvalue weighted by atomic mass is 19.1. The van der Waals surface area contributed by atoms with Gasteiger partial charge >= 0.3 is 5.97 Å². The maximum atomic E-state index is 13.2. The van der Waals surface area contributed by atoms with Gasteiger partial charge in [-0.1, -0.05) is 26.3 Å². The van der Waals surface area contributed by atoms with Crippen LogP contribution in [-0.4, -0.2) is 23.5 Å². The molecule has 22 heavy (non-hydrogen) atoms. The number of nitrogens with one attached hydrogen (secondary N) is 1. The summed E-state index contributed by atoms with van der Waals surface area (Å²) in [7, 11) is 0. The van der Waals surface area contributed by atoms with Crippen molar-refractivity contribution in [2.24, 2.45) is 5.92 Å². The molecule has 0 radical (unpaired) electrons. The van der Waals surface area contributed by atoms with Gasteiger partial charge in [-0.2, -0.15) is 0 Å². The normalized spacial score (nSPS) is 14.1. The number of hydrogen-bond donors (Lipinski definition) is 1. The van der Waals surface area contributed by atoms with Crippen molar-refractivity contribution in [3.63, 3.8) is 0 Å². The molecule has 1 N–H and O–H groups in total. The molecular weight excluding hydrogens is 285 g/mol. The maximum Gasteiger partial charge on any atom is 0.329 e. The number of carbonyl (C=O) groups is 2. The Kier molecular flexibility index (Phi) is 6.09. The zero-order chi connectivity index (χ0) is 16.9. The third-order valence-corrected chi connectivity index (χ3v) is 3.25. The fourth-order valence-corrected chi connectivity index (χ4v) is 1.89. The molecule has 1 aromatic carbocycles. The highest BCUT2D eigenvalue weighted by molar-refractivity contribution is 5.96. The Hall–Kier alpha value is -1.91. The lowest BCUT2D eigenvalue weighted by molar-refractivity contribution is -0.158. The summed E-state index contributed by atoms with van der Waals surface area (Å²) in [6, 6.07) is 4.59. The lowest BCUT2D eigenvalue weighted by Gasteiger charge is -2.27. The van der Waals surface area contributed by atoms with Crippen LogP contribution in [0.5, 0.6) is 0 Å².